The Hall–Kier alpha value is -2.69. The molecule has 1 fully saturated rings. The summed E-state index contributed by atoms with van der Waals surface area (Å²) in [4.78, 5) is 16.6. The van der Waals surface area contributed by atoms with Crippen LogP contribution in [0, 0.1) is 12.8 Å². The van der Waals surface area contributed by atoms with E-state index < -0.39 is 0 Å². The van der Waals surface area contributed by atoms with Crippen molar-refractivity contribution >= 4 is 11.6 Å². The van der Waals surface area contributed by atoms with E-state index in [0.717, 1.165) is 49.1 Å². The second kappa shape index (κ2) is 7.28. The van der Waals surface area contributed by atoms with Crippen LogP contribution < -0.4 is 5.32 Å². The molecule has 0 radical (unpaired) electrons. The van der Waals surface area contributed by atoms with Crippen molar-refractivity contribution in [3.8, 4) is 0 Å². The van der Waals surface area contributed by atoms with E-state index >= 15 is 0 Å². The summed E-state index contributed by atoms with van der Waals surface area (Å²) in [6.07, 6.45) is 6.40. The molecule has 0 atom stereocenters. The number of aryl methyl sites for hydroxylation is 1. The third kappa shape index (κ3) is 3.47. The molecule has 1 aliphatic carbocycles. The van der Waals surface area contributed by atoms with Gasteiger partial charge in [-0.2, -0.15) is 5.10 Å². The van der Waals surface area contributed by atoms with Gasteiger partial charge < -0.3 is 5.32 Å². The lowest BCUT2D eigenvalue weighted by Crippen LogP contribution is -2.31. The number of nitrogens with zero attached hydrogens (tertiary/aromatic N) is 3. The number of aromatic nitrogens is 3. The summed E-state index contributed by atoms with van der Waals surface area (Å²) in [5, 5.41) is 7.69. The highest BCUT2D eigenvalue weighted by Crippen LogP contribution is 2.35. The molecule has 0 spiro atoms. The van der Waals surface area contributed by atoms with Crippen molar-refractivity contribution in [2.45, 2.75) is 38.5 Å². The number of hydrogen-bond acceptors (Lipinski definition) is 3. The van der Waals surface area contributed by atoms with E-state index in [1.54, 1.807) is 0 Å². The Morgan fingerprint density at radius 2 is 1.92 bits per heavy atom. The average molecular weight is 348 g/mol. The number of hydrogen-bond donors (Lipinski definition) is 1. The molecule has 4 rings (SSSR count). The Morgan fingerprint density at radius 1 is 1.15 bits per heavy atom. The Kier molecular flexibility index (Phi) is 4.69. The summed E-state index contributed by atoms with van der Waals surface area (Å²) in [5.74, 6) is 1.09. The summed E-state index contributed by atoms with van der Waals surface area (Å²) in [5.41, 5.74) is 3.92. The van der Waals surface area contributed by atoms with E-state index in [1.807, 2.05) is 54.0 Å². The molecule has 1 aromatic carbocycles. The molecular weight excluding hydrogens is 324 g/mol. The van der Waals surface area contributed by atoms with Crippen molar-refractivity contribution in [3.05, 3.63) is 65.6 Å². The number of benzene rings is 1. The first-order chi connectivity index (χ1) is 12.7. The van der Waals surface area contributed by atoms with Gasteiger partial charge in [0.1, 0.15) is 0 Å². The lowest BCUT2D eigenvalue weighted by atomic mass is 9.80. The lowest BCUT2D eigenvalue weighted by Gasteiger charge is -2.29. The Morgan fingerprint density at radius 3 is 2.69 bits per heavy atom. The smallest absolute Gasteiger partial charge is 0.251 e. The van der Waals surface area contributed by atoms with Crippen molar-refractivity contribution in [1.82, 2.24) is 19.9 Å². The van der Waals surface area contributed by atoms with Crippen molar-refractivity contribution in [2.24, 2.45) is 5.92 Å². The van der Waals surface area contributed by atoms with Gasteiger partial charge in [-0.15, -0.1) is 0 Å². The van der Waals surface area contributed by atoms with Crippen molar-refractivity contribution < 1.29 is 4.79 Å². The monoisotopic (exact) mass is 348 g/mol. The van der Waals surface area contributed by atoms with E-state index in [2.05, 4.69) is 21.5 Å². The van der Waals surface area contributed by atoms with Crippen LogP contribution in [-0.2, 0) is 0 Å². The number of amides is 1. The highest BCUT2D eigenvalue weighted by atomic mass is 16.1. The van der Waals surface area contributed by atoms with Gasteiger partial charge >= 0.3 is 0 Å². The van der Waals surface area contributed by atoms with Gasteiger partial charge in [-0.05, 0) is 56.7 Å². The first kappa shape index (κ1) is 16.8. The highest BCUT2D eigenvalue weighted by Gasteiger charge is 2.25. The van der Waals surface area contributed by atoms with Crippen LogP contribution in [0.15, 0.2) is 48.7 Å². The van der Waals surface area contributed by atoms with E-state index in [9.17, 15) is 4.79 Å². The zero-order valence-corrected chi connectivity index (χ0v) is 15.1. The molecule has 0 unspecified atom stereocenters. The molecule has 3 aromatic rings. The van der Waals surface area contributed by atoms with E-state index in [0.29, 0.717) is 11.8 Å². The van der Waals surface area contributed by atoms with E-state index in [1.165, 1.54) is 5.69 Å². The maximum absolute atomic E-state index is 12.2. The zero-order valence-electron chi connectivity index (χ0n) is 15.1. The second-order valence-electron chi connectivity index (χ2n) is 7.22. The van der Waals surface area contributed by atoms with Crippen LogP contribution in [0.2, 0.25) is 0 Å². The van der Waals surface area contributed by atoms with Crippen LogP contribution in [-0.4, -0.2) is 27.0 Å². The third-order valence-corrected chi connectivity index (χ3v) is 5.36. The van der Waals surface area contributed by atoms with Crippen LogP contribution in [0.1, 0.15) is 53.3 Å². The zero-order chi connectivity index (χ0) is 17.9. The van der Waals surface area contributed by atoms with Gasteiger partial charge in [-0.25, -0.2) is 9.50 Å². The van der Waals surface area contributed by atoms with Gasteiger partial charge in [-0.3, -0.25) is 4.79 Å². The van der Waals surface area contributed by atoms with Gasteiger partial charge in [0.25, 0.3) is 5.91 Å². The summed E-state index contributed by atoms with van der Waals surface area (Å²) in [7, 11) is 0. The van der Waals surface area contributed by atoms with Gasteiger partial charge in [0, 0.05) is 36.0 Å². The number of fused-ring (bicyclic) bond motifs is 1. The molecule has 2 aromatic heterocycles. The van der Waals surface area contributed by atoms with Crippen molar-refractivity contribution in [1.29, 1.82) is 0 Å². The predicted molar refractivity (Wildman–Crippen MR) is 101 cm³/mol. The average Bonchev–Trinajstić information content (AvgIpc) is 3.07. The molecule has 134 valence electrons. The molecular formula is C21H24N4O. The minimum Gasteiger partial charge on any atom is -0.352 e. The first-order valence-corrected chi connectivity index (χ1v) is 9.35. The van der Waals surface area contributed by atoms with Crippen molar-refractivity contribution in [3.63, 3.8) is 0 Å². The van der Waals surface area contributed by atoms with Crippen LogP contribution in [0.5, 0.6) is 0 Å². The third-order valence-electron chi connectivity index (χ3n) is 5.36. The number of rotatable bonds is 4. The summed E-state index contributed by atoms with van der Waals surface area (Å²) in [6.45, 7) is 2.76. The maximum Gasteiger partial charge on any atom is 0.251 e. The molecule has 0 saturated heterocycles. The van der Waals surface area contributed by atoms with E-state index in [-0.39, 0.29) is 5.91 Å². The fourth-order valence-electron chi connectivity index (χ4n) is 3.93. The Balaban J connectivity index is 1.35. The van der Waals surface area contributed by atoms with Gasteiger partial charge in [-0.1, -0.05) is 18.2 Å². The van der Waals surface area contributed by atoms with Gasteiger partial charge in [0.2, 0.25) is 0 Å². The van der Waals surface area contributed by atoms with Gasteiger partial charge in [0.05, 0.1) is 5.69 Å². The predicted octanol–water partition coefficient (Wildman–Crippen LogP) is 3.74. The second-order valence-corrected chi connectivity index (χ2v) is 7.22. The maximum atomic E-state index is 12.2. The summed E-state index contributed by atoms with van der Waals surface area (Å²) >= 11 is 0. The normalized spacial score (nSPS) is 20.2. The molecule has 1 saturated carbocycles. The molecule has 26 heavy (non-hydrogen) atoms. The van der Waals surface area contributed by atoms with Gasteiger partial charge in [0.15, 0.2) is 5.65 Å². The Bertz CT molecular complexity index is 895. The lowest BCUT2D eigenvalue weighted by molar-refractivity contribution is 0.0943. The van der Waals surface area contributed by atoms with Crippen LogP contribution >= 0.6 is 0 Å². The van der Waals surface area contributed by atoms with Crippen LogP contribution in [0.4, 0.5) is 0 Å². The van der Waals surface area contributed by atoms with E-state index in [4.69, 9.17) is 0 Å². The summed E-state index contributed by atoms with van der Waals surface area (Å²) < 4.78 is 2.00. The fraction of sp³-hybridized carbons (Fsp3) is 0.381. The quantitative estimate of drug-likeness (QED) is 0.781. The molecule has 5 heteroatoms. The minimum atomic E-state index is 0.0237. The Labute approximate surface area is 153 Å². The standard InChI is InChI=1S/C21H24N4O/c1-15-13-20-22-12-11-19(25(20)24-15)17-9-7-16(8-10-17)14-23-21(26)18-5-3-2-4-6-18/h2-6,11-13,16-17H,7-10,14H2,1H3,(H,23,26). The van der Waals surface area contributed by atoms with Crippen LogP contribution in [0.25, 0.3) is 5.65 Å². The number of carbonyl (C=O) groups excluding carboxylic acids is 1. The molecule has 1 aliphatic rings. The molecule has 5 nitrogen and oxygen atoms in total. The largest absolute Gasteiger partial charge is 0.352 e. The van der Waals surface area contributed by atoms with Crippen LogP contribution in [0.3, 0.4) is 0 Å². The first-order valence-electron chi connectivity index (χ1n) is 9.35. The number of nitrogens with one attached hydrogen (secondary N) is 1. The SMILES string of the molecule is Cc1cc2nccc(C3CCC(CNC(=O)c4ccccc4)CC3)n2n1. The number of carbonyl (C=O) groups is 1. The molecule has 2 heterocycles. The molecule has 1 N–H and O–H groups in total. The fourth-order valence-corrected chi connectivity index (χ4v) is 3.93. The molecule has 0 aliphatic heterocycles. The minimum absolute atomic E-state index is 0.0237. The molecule has 0 bridgehead atoms. The highest BCUT2D eigenvalue weighted by molar-refractivity contribution is 5.94. The topological polar surface area (TPSA) is 59.3 Å². The van der Waals surface area contributed by atoms with Crippen molar-refractivity contribution in [2.75, 3.05) is 6.54 Å². The molecule has 1 amide bonds. The summed E-state index contributed by atoms with van der Waals surface area (Å²) in [6, 6.07) is 13.5.